The van der Waals surface area contributed by atoms with E-state index >= 15 is 0 Å². The molecule has 144 valence electrons. The molecule has 1 heterocycles. The monoisotopic (exact) mass is 367 g/mol. The smallest absolute Gasteiger partial charge is 0.317 e. The van der Waals surface area contributed by atoms with Crippen LogP contribution < -0.4 is 15.0 Å². The van der Waals surface area contributed by atoms with Crippen molar-refractivity contribution in [3.05, 3.63) is 54.6 Å². The number of hydrogen-bond acceptors (Lipinski definition) is 3. The first-order valence-electron chi connectivity index (χ1n) is 9.72. The molecular weight excluding hydrogens is 338 g/mol. The van der Waals surface area contributed by atoms with E-state index in [1.165, 1.54) is 0 Å². The molecule has 27 heavy (non-hydrogen) atoms. The molecule has 0 radical (unpaired) electrons. The van der Waals surface area contributed by atoms with E-state index < -0.39 is 0 Å². The van der Waals surface area contributed by atoms with E-state index in [0.29, 0.717) is 5.92 Å². The minimum Gasteiger partial charge on any atom is -0.457 e. The number of nitrogens with one attached hydrogen (secondary N) is 1. The highest BCUT2D eigenvalue weighted by Crippen LogP contribution is 2.25. The summed E-state index contributed by atoms with van der Waals surface area (Å²) in [5.74, 6) is 2.27. The van der Waals surface area contributed by atoms with Gasteiger partial charge in [0, 0.05) is 38.4 Å². The Labute approximate surface area is 161 Å². The maximum absolute atomic E-state index is 12.2. The lowest BCUT2D eigenvalue weighted by Crippen LogP contribution is -2.52. The summed E-state index contributed by atoms with van der Waals surface area (Å²) in [7, 11) is 0. The maximum atomic E-state index is 12.2. The zero-order valence-electron chi connectivity index (χ0n) is 16.2. The van der Waals surface area contributed by atoms with E-state index in [1.807, 2.05) is 47.4 Å². The van der Waals surface area contributed by atoms with Gasteiger partial charge < -0.3 is 19.9 Å². The summed E-state index contributed by atoms with van der Waals surface area (Å²) in [5.41, 5.74) is 1.16. The van der Waals surface area contributed by atoms with Crippen LogP contribution in [0.5, 0.6) is 11.5 Å². The molecule has 1 saturated heterocycles. The lowest BCUT2D eigenvalue weighted by atomic mass is 10.1. The normalized spacial score (nSPS) is 14.3. The van der Waals surface area contributed by atoms with Crippen molar-refractivity contribution in [1.82, 2.24) is 10.2 Å². The number of anilines is 1. The first-order valence-corrected chi connectivity index (χ1v) is 9.72. The van der Waals surface area contributed by atoms with Gasteiger partial charge in [-0.05, 0) is 48.7 Å². The third-order valence-corrected chi connectivity index (χ3v) is 4.75. The second-order valence-electron chi connectivity index (χ2n) is 7.30. The molecule has 1 fully saturated rings. The number of piperazine rings is 1. The summed E-state index contributed by atoms with van der Waals surface area (Å²) in [6.07, 6.45) is 1.02. The van der Waals surface area contributed by atoms with Crippen molar-refractivity contribution >= 4 is 11.7 Å². The minimum absolute atomic E-state index is 0.0573. The van der Waals surface area contributed by atoms with Gasteiger partial charge in [0.1, 0.15) is 11.5 Å². The standard InChI is InChI=1S/C22H29N3O2/c1-18(2)12-13-23-22(26)25-16-14-24(15-17-25)19-8-10-21(11-9-19)27-20-6-4-3-5-7-20/h3-11,18H,12-17H2,1-2H3,(H,23,26). The summed E-state index contributed by atoms with van der Waals surface area (Å²) in [4.78, 5) is 16.4. The van der Waals surface area contributed by atoms with Crippen LogP contribution in [0.1, 0.15) is 20.3 Å². The van der Waals surface area contributed by atoms with Crippen LogP contribution in [0.25, 0.3) is 0 Å². The molecular formula is C22H29N3O2. The topological polar surface area (TPSA) is 44.8 Å². The van der Waals surface area contributed by atoms with Gasteiger partial charge in [-0.15, -0.1) is 0 Å². The average molecular weight is 367 g/mol. The van der Waals surface area contributed by atoms with Gasteiger partial charge >= 0.3 is 6.03 Å². The first kappa shape index (κ1) is 19.1. The molecule has 2 aromatic rings. The number of urea groups is 1. The van der Waals surface area contributed by atoms with Gasteiger partial charge in [-0.25, -0.2) is 4.79 Å². The second-order valence-corrected chi connectivity index (χ2v) is 7.30. The average Bonchev–Trinajstić information content (AvgIpc) is 2.69. The van der Waals surface area contributed by atoms with Crippen molar-refractivity contribution in [2.45, 2.75) is 20.3 Å². The van der Waals surface area contributed by atoms with E-state index in [-0.39, 0.29) is 6.03 Å². The van der Waals surface area contributed by atoms with Crippen LogP contribution in [-0.2, 0) is 0 Å². The maximum Gasteiger partial charge on any atom is 0.317 e. The van der Waals surface area contributed by atoms with Gasteiger partial charge in [0.25, 0.3) is 0 Å². The number of nitrogens with zero attached hydrogens (tertiary/aromatic N) is 2. The lowest BCUT2D eigenvalue weighted by molar-refractivity contribution is 0.194. The Balaban J connectivity index is 1.47. The molecule has 2 aromatic carbocycles. The molecule has 1 N–H and O–H groups in total. The molecule has 0 spiro atoms. The fourth-order valence-corrected chi connectivity index (χ4v) is 3.10. The van der Waals surface area contributed by atoms with Crippen molar-refractivity contribution < 1.29 is 9.53 Å². The number of carbonyl (C=O) groups is 1. The Bertz CT molecular complexity index is 708. The molecule has 2 amide bonds. The number of benzene rings is 2. The van der Waals surface area contributed by atoms with Gasteiger partial charge in [0.15, 0.2) is 0 Å². The molecule has 1 aliphatic heterocycles. The van der Waals surface area contributed by atoms with Crippen LogP contribution in [0, 0.1) is 5.92 Å². The van der Waals surface area contributed by atoms with Crippen LogP contribution in [0.4, 0.5) is 10.5 Å². The summed E-state index contributed by atoms with van der Waals surface area (Å²) in [5, 5.41) is 3.02. The summed E-state index contributed by atoms with van der Waals surface area (Å²) in [6, 6.07) is 18.0. The van der Waals surface area contributed by atoms with Gasteiger partial charge in [-0.1, -0.05) is 32.0 Å². The molecule has 5 nitrogen and oxygen atoms in total. The number of hydrogen-bond donors (Lipinski definition) is 1. The molecule has 0 atom stereocenters. The number of para-hydroxylation sites is 1. The summed E-state index contributed by atoms with van der Waals surface area (Å²) >= 11 is 0. The predicted octanol–water partition coefficient (Wildman–Crippen LogP) is 4.36. The van der Waals surface area contributed by atoms with Crippen molar-refractivity contribution in [3.63, 3.8) is 0 Å². The minimum atomic E-state index is 0.0573. The largest absolute Gasteiger partial charge is 0.457 e. The van der Waals surface area contributed by atoms with Crippen LogP contribution in [-0.4, -0.2) is 43.7 Å². The number of carbonyl (C=O) groups excluding carboxylic acids is 1. The Hall–Kier alpha value is -2.69. The zero-order valence-corrected chi connectivity index (χ0v) is 16.2. The van der Waals surface area contributed by atoms with Crippen LogP contribution in [0.2, 0.25) is 0 Å². The molecule has 3 rings (SSSR count). The van der Waals surface area contributed by atoms with Crippen molar-refractivity contribution in [2.24, 2.45) is 5.92 Å². The third kappa shape index (κ3) is 5.64. The molecule has 0 aromatic heterocycles. The molecule has 0 bridgehead atoms. The van der Waals surface area contributed by atoms with Crippen LogP contribution in [0.15, 0.2) is 54.6 Å². The van der Waals surface area contributed by atoms with E-state index in [2.05, 4.69) is 36.2 Å². The Morgan fingerprint density at radius 1 is 0.963 bits per heavy atom. The number of rotatable bonds is 6. The number of ether oxygens (including phenoxy) is 1. The third-order valence-electron chi connectivity index (χ3n) is 4.75. The van der Waals surface area contributed by atoms with Gasteiger partial charge in [0.2, 0.25) is 0 Å². The zero-order chi connectivity index (χ0) is 19.1. The Kier molecular flexibility index (Phi) is 6.58. The van der Waals surface area contributed by atoms with Gasteiger partial charge in [0.05, 0.1) is 0 Å². The summed E-state index contributed by atoms with van der Waals surface area (Å²) < 4.78 is 5.84. The SMILES string of the molecule is CC(C)CCNC(=O)N1CCN(c2ccc(Oc3ccccc3)cc2)CC1. The van der Waals surface area contributed by atoms with Gasteiger partial charge in [-0.2, -0.15) is 0 Å². The van der Waals surface area contributed by atoms with Crippen molar-refractivity contribution in [3.8, 4) is 11.5 Å². The second kappa shape index (κ2) is 9.31. The quantitative estimate of drug-likeness (QED) is 0.825. The van der Waals surface area contributed by atoms with Crippen LogP contribution in [0.3, 0.4) is 0 Å². The molecule has 0 aliphatic carbocycles. The highest BCUT2D eigenvalue weighted by molar-refractivity contribution is 5.74. The van der Waals surface area contributed by atoms with E-state index in [0.717, 1.165) is 56.3 Å². The fraction of sp³-hybridized carbons (Fsp3) is 0.409. The lowest BCUT2D eigenvalue weighted by Gasteiger charge is -2.36. The predicted molar refractivity (Wildman–Crippen MR) is 110 cm³/mol. The highest BCUT2D eigenvalue weighted by atomic mass is 16.5. The van der Waals surface area contributed by atoms with Gasteiger partial charge in [-0.3, -0.25) is 0 Å². The molecule has 0 saturated carbocycles. The Morgan fingerprint density at radius 3 is 2.22 bits per heavy atom. The number of amides is 2. The highest BCUT2D eigenvalue weighted by Gasteiger charge is 2.21. The molecule has 0 unspecified atom stereocenters. The molecule has 5 heteroatoms. The summed E-state index contributed by atoms with van der Waals surface area (Å²) in [6.45, 7) is 8.26. The van der Waals surface area contributed by atoms with E-state index in [9.17, 15) is 4.79 Å². The van der Waals surface area contributed by atoms with E-state index in [4.69, 9.17) is 4.74 Å². The first-order chi connectivity index (χ1) is 13.1. The van der Waals surface area contributed by atoms with E-state index in [1.54, 1.807) is 0 Å². The van der Waals surface area contributed by atoms with Crippen molar-refractivity contribution in [1.29, 1.82) is 0 Å². The molecule has 1 aliphatic rings. The van der Waals surface area contributed by atoms with Crippen molar-refractivity contribution in [2.75, 3.05) is 37.6 Å². The van der Waals surface area contributed by atoms with Crippen LogP contribution >= 0.6 is 0 Å². The fourth-order valence-electron chi connectivity index (χ4n) is 3.10. The Morgan fingerprint density at radius 2 is 1.59 bits per heavy atom.